The van der Waals surface area contributed by atoms with E-state index in [2.05, 4.69) is 33.4 Å². The number of carbonyl (C=O) groups excluding carboxylic acids is 1. The molecule has 2 aromatic heterocycles. The van der Waals surface area contributed by atoms with E-state index in [0.717, 1.165) is 31.7 Å². The second-order valence-corrected chi connectivity index (χ2v) is 9.25. The monoisotopic (exact) mass is 408 g/mol. The Balaban J connectivity index is 1.42. The summed E-state index contributed by atoms with van der Waals surface area (Å²) in [5, 5.41) is 6.21. The van der Waals surface area contributed by atoms with Crippen molar-refractivity contribution in [2.24, 2.45) is 5.92 Å². The highest BCUT2D eigenvalue weighted by atomic mass is 32.1. The van der Waals surface area contributed by atoms with Gasteiger partial charge in [0, 0.05) is 49.1 Å². The molecule has 2 fully saturated rings. The zero-order valence-corrected chi connectivity index (χ0v) is 17.5. The fourth-order valence-electron chi connectivity index (χ4n) is 4.78. The zero-order valence-electron chi connectivity index (χ0n) is 16.7. The average molecular weight is 409 g/mol. The van der Waals surface area contributed by atoms with E-state index in [1.54, 1.807) is 0 Å². The lowest BCUT2D eigenvalue weighted by Crippen LogP contribution is -2.39. The summed E-state index contributed by atoms with van der Waals surface area (Å²) in [6, 6.07) is 11.7. The SMILES string of the molecule is Cc1noc(C23CN(Cc4sccc4C)CC2CN(C(=O)c2ccccc2)C3)n1. The van der Waals surface area contributed by atoms with Crippen LogP contribution in [0.5, 0.6) is 0 Å². The summed E-state index contributed by atoms with van der Waals surface area (Å²) >= 11 is 1.81. The molecule has 1 aromatic carbocycles. The van der Waals surface area contributed by atoms with Crippen molar-refractivity contribution in [2.45, 2.75) is 25.8 Å². The van der Waals surface area contributed by atoms with Crippen molar-refractivity contribution in [1.29, 1.82) is 0 Å². The first-order valence-corrected chi connectivity index (χ1v) is 10.8. The first kappa shape index (κ1) is 18.5. The molecule has 0 aliphatic carbocycles. The highest BCUT2D eigenvalue weighted by molar-refractivity contribution is 7.10. The third-order valence-electron chi connectivity index (χ3n) is 6.28. The summed E-state index contributed by atoms with van der Waals surface area (Å²) in [4.78, 5) is 23.5. The highest BCUT2D eigenvalue weighted by Gasteiger charge is 2.57. The van der Waals surface area contributed by atoms with E-state index in [1.807, 2.05) is 53.5 Å². The third kappa shape index (κ3) is 3.18. The molecular formula is C22H24N4O2S. The number of aromatic nitrogens is 2. The minimum Gasteiger partial charge on any atom is -0.339 e. The molecule has 4 heterocycles. The lowest BCUT2D eigenvalue weighted by molar-refractivity contribution is 0.0766. The number of hydrogen-bond acceptors (Lipinski definition) is 6. The van der Waals surface area contributed by atoms with E-state index in [1.165, 1.54) is 10.4 Å². The van der Waals surface area contributed by atoms with Gasteiger partial charge in [-0.3, -0.25) is 9.69 Å². The number of rotatable bonds is 4. The fourth-order valence-corrected chi connectivity index (χ4v) is 5.73. The predicted octanol–water partition coefficient (Wildman–Crippen LogP) is 3.27. The lowest BCUT2D eigenvalue weighted by atomic mass is 9.81. The summed E-state index contributed by atoms with van der Waals surface area (Å²) in [5.74, 6) is 1.69. The Hall–Kier alpha value is -2.51. The molecule has 2 saturated heterocycles. The molecule has 6 nitrogen and oxygen atoms in total. The largest absolute Gasteiger partial charge is 0.339 e. The first-order valence-electron chi connectivity index (χ1n) is 9.95. The van der Waals surface area contributed by atoms with Crippen LogP contribution in [0.2, 0.25) is 0 Å². The topological polar surface area (TPSA) is 62.5 Å². The molecule has 2 unspecified atom stereocenters. The molecular weight excluding hydrogens is 384 g/mol. The van der Waals surface area contributed by atoms with Crippen LogP contribution in [-0.2, 0) is 12.0 Å². The van der Waals surface area contributed by atoms with Crippen LogP contribution in [0.1, 0.15) is 32.5 Å². The van der Waals surface area contributed by atoms with Crippen molar-refractivity contribution < 1.29 is 9.32 Å². The number of carbonyl (C=O) groups is 1. The van der Waals surface area contributed by atoms with Gasteiger partial charge in [0.1, 0.15) is 0 Å². The van der Waals surface area contributed by atoms with Gasteiger partial charge < -0.3 is 9.42 Å². The fraction of sp³-hybridized carbons (Fsp3) is 0.409. The van der Waals surface area contributed by atoms with Crippen LogP contribution < -0.4 is 0 Å². The number of hydrogen-bond donors (Lipinski definition) is 0. The first-order chi connectivity index (χ1) is 14.0. The minimum atomic E-state index is -0.295. The Labute approximate surface area is 174 Å². The molecule has 2 aliphatic rings. The van der Waals surface area contributed by atoms with Gasteiger partial charge in [-0.1, -0.05) is 23.4 Å². The van der Waals surface area contributed by atoms with E-state index in [4.69, 9.17) is 4.52 Å². The van der Waals surface area contributed by atoms with Crippen LogP contribution in [0, 0.1) is 19.8 Å². The van der Waals surface area contributed by atoms with Crippen LogP contribution in [0.3, 0.4) is 0 Å². The van der Waals surface area contributed by atoms with Crippen molar-refractivity contribution in [1.82, 2.24) is 19.9 Å². The Morgan fingerprint density at radius 1 is 1.21 bits per heavy atom. The van der Waals surface area contributed by atoms with Crippen molar-refractivity contribution in [3.05, 3.63) is 69.5 Å². The van der Waals surface area contributed by atoms with Crippen molar-refractivity contribution >= 4 is 17.2 Å². The van der Waals surface area contributed by atoms with Gasteiger partial charge in [0.15, 0.2) is 5.82 Å². The Morgan fingerprint density at radius 3 is 2.72 bits per heavy atom. The van der Waals surface area contributed by atoms with E-state index >= 15 is 0 Å². The average Bonchev–Trinajstić information content (AvgIpc) is 3.47. The van der Waals surface area contributed by atoms with E-state index in [9.17, 15) is 4.79 Å². The Kier molecular flexibility index (Phi) is 4.52. The molecule has 0 saturated carbocycles. The van der Waals surface area contributed by atoms with Gasteiger partial charge in [0.05, 0.1) is 5.41 Å². The van der Waals surface area contributed by atoms with Crippen LogP contribution in [0.15, 0.2) is 46.3 Å². The van der Waals surface area contributed by atoms with Crippen LogP contribution in [-0.4, -0.2) is 52.0 Å². The highest BCUT2D eigenvalue weighted by Crippen LogP contribution is 2.45. The molecule has 5 rings (SSSR count). The maximum atomic E-state index is 13.1. The maximum absolute atomic E-state index is 13.1. The van der Waals surface area contributed by atoms with Crippen molar-refractivity contribution in [3.8, 4) is 0 Å². The van der Waals surface area contributed by atoms with E-state index < -0.39 is 0 Å². The number of thiophene rings is 1. The van der Waals surface area contributed by atoms with Gasteiger partial charge >= 0.3 is 0 Å². The van der Waals surface area contributed by atoms with Gasteiger partial charge in [-0.2, -0.15) is 4.98 Å². The Morgan fingerprint density at radius 2 is 2.03 bits per heavy atom. The van der Waals surface area contributed by atoms with Crippen LogP contribution in [0.25, 0.3) is 0 Å². The molecule has 0 radical (unpaired) electrons. The number of amides is 1. The number of fused-ring (bicyclic) bond motifs is 1. The molecule has 7 heteroatoms. The standard InChI is InChI=1S/C22H24N4O2S/c1-15-8-9-29-19(15)12-25-10-18-11-26(20(27)17-6-4-3-5-7-17)14-22(18,13-25)21-23-16(2)24-28-21/h3-9,18H,10-14H2,1-2H3. The smallest absolute Gasteiger partial charge is 0.253 e. The van der Waals surface area contributed by atoms with E-state index in [-0.39, 0.29) is 17.2 Å². The summed E-state index contributed by atoms with van der Waals surface area (Å²) < 4.78 is 5.67. The second kappa shape index (κ2) is 7.07. The van der Waals surface area contributed by atoms with Gasteiger partial charge in [-0.15, -0.1) is 11.3 Å². The molecule has 29 heavy (non-hydrogen) atoms. The summed E-state index contributed by atoms with van der Waals surface area (Å²) in [6.07, 6.45) is 0. The normalized spacial score (nSPS) is 24.2. The minimum absolute atomic E-state index is 0.0799. The Bertz CT molecular complexity index is 1030. The van der Waals surface area contributed by atoms with Crippen LogP contribution in [0.4, 0.5) is 0 Å². The van der Waals surface area contributed by atoms with Gasteiger partial charge in [-0.25, -0.2) is 0 Å². The quantitative estimate of drug-likeness (QED) is 0.663. The molecule has 150 valence electrons. The van der Waals surface area contributed by atoms with Gasteiger partial charge in [0.25, 0.3) is 5.91 Å². The summed E-state index contributed by atoms with van der Waals surface area (Å²) in [5.41, 5.74) is 1.78. The number of benzene rings is 1. The van der Waals surface area contributed by atoms with Gasteiger partial charge in [-0.05, 0) is 43.0 Å². The molecule has 0 N–H and O–H groups in total. The third-order valence-corrected chi connectivity index (χ3v) is 7.28. The van der Waals surface area contributed by atoms with E-state index in [0.29, 0.717) is 18.3 Å². The maximum Gasteiger partial charge on any atom is 0.253 e. The molecule has 2 atom stereocenters. The summed E-state index contributed by atoms with van der Waals surface area (Å²) in [7, 11) is 0. The van der Waals surface area contributed by atoms with Crippen molar-refractivity contribution in [3.63, 3.8) is 0 Å². The molecule has 1 amide bonds. The summed E-state index contributed by atoms with van der Waals surface area (Å²) in [6.45, 7) is 8.04. The molecule has 3 aromatic rings. The van der Waals surface area contributed by atoms with Crippen molar-refractivity contribution in [2.75, 3.05) is 26.2 Å². The number of nitrogens with zero attached hydrogens (tertiary/aromatic N) is 4. The zero-order chi connectivity index (χ0) is 20.0. The van der Waals surface area contributed by atoms with Gasteiger partial charge in [0.2, 0.25) is 5.89 Å². The molecule has 0 spiro atoms. The van der Waals surface area contributed by atoms with Crippen LogP contribution >= 0.6 is 11.3 Å². The number of aryl methyl sites for hydroxylation is 2. The molecule has 0 bridgehead atoms. The molecule has 2 aliphatic heterocycles. The second-order valence-electron chi connectivity index (χ2n) is 8.25. The number of likely N-dealkylation sites (tertiary alicyclic amines) is 2. The lowest BCUT2D eigenvalue weighted by Gasteiger charge is -2.26. The predicted molar refractivity (Wildman–Crippen MR) is 111 cm³/mol.